The van der Waals surface area contributed by atoms with Gasteiger partial charge in [0.25, 0.3) is 0 Å². The number of amides is 1. The number of carbonyl (C=O) groups is 2. The Balaban J connectivity index is 0.000000345. The summed E-state index contributed by atoms with van der Waals surface area (Å²) in [4.78, 5) is 24.1. The van der Waals surface area contributed by atoms with Crippen molar-refractivity contribution in [3.63, 3.8) is 0 Å². The summed E-state index contributed by atoms with van der Waals surface area (Å²) in [7, 11) is 3.59. The van der Waals surface area contributed by atoms with Gasteiger partial charge in [0.15, 0.2) is 0 Å². The van der Waals surface area contributed by atoms with Crippen LogP contribution in [0.4, 0.5) is 0 Å². The van der Waals surface area contributed by atoms with E-state index in [4.69, 9.17) is 10.8 Å². The first-order valence-electron chi connectivity index (χ1n) is 8.66. The minimum absolute atomic E-state index is 0.104. The Kier molecular flexibility index (Phi) is 10.2. The Morgan fingerprint density at radius 3 is 1.78 bits per heavy atom. The topological polar surface area (TPSA) is 83.6 Å². The lowest BCUT2D eigenvalue weighted by molar-refractivity contribution is -0.138. The van der Waals surface area contributed by atoms with Crippen molar-refractivity contribution in [3.05, 3.63) is 71.8 Å². The van der Waals surface area contributed by atoms with E-state index in [1.54, 1.807) is 30.8 Å². The lowest BCUT2D eigenvalue weighted by Crippen LogP contribution is -2.30. The average Bonchev–Trinajstić information content (AvgIpc) is 2.68. The summed E-state index contributed by atoms with van der Waals surface area (Å²) in [6, 6.07) is 19.1. The third-order valence-corrected chi connectivity index (χ3v) is 4.55. The Bertz CT molecular complexity index is 654. The van der Waals surface area contributed by atoms with Gasteiger partial charge in [-0.2, -0.15) is 11.8 Å². The number of nitrogens with zero attached hydrogens (tertiary/aromatic N) is 1. The highest BCUT2D eigenvalue weighted by atomic mass is 32.2. The summed E-state index contributed by atoms with van der Waals surface area (Å²) in [6.07, 6.45) is 2.48. The van der Waals surface area contributed by atoms with Crippen LogP contribution >= 0.6 is 11.8 Å². The van der Waals surface area contributed by atoms with Gasteiger partial charge in [-0.25, -0.2) is 0 Å². The fraction of sp³-hybridized carbons (Fsp3) is 0.333. The molecule has 0 saturated carbocycles. The van der Waals surface area contributed by atoms with Crippen molar-refractivity contribution in [2.45, 2.75) is 18.4 Å². The standard InChI is InChI=1S/C16H17NO.C5H11NO2S/c1-17(2)16(18)15(13-9-5-3-6-10-13)14-11-7-4-8-12-14;1-9-3-2-4(6)5(7)8/h3-12,15H,1-2H3;4H,2-3,6H2,1H3,(H,7,8). The fourth-order valence-electron chi connectivity index (χ4n) is 2.40. The summed E-state index contributed by atoms with van der Waals surface area (Å²) < 4.78 is 0. The van der Waals surface area contributed by atoms with E-state index < -0.39 is 12.0 Å². The zero-order chi connectivity index (χ0) is 20.2. The van der Waals surface area contributed by atoms with E-state index in [1.165, 1.54) is 0 Å². The number of hydrogen-bond acceptors (Lipinski definition) is 4. The third-order valence-electron chi connectivity index (χ3n) is 3.90. The molecule has 0 bridgehead atoms. The number of carbonyl (C=O) groups excluding carboxylic acids is 1. The summed E-state index contributed by atoms with van der Waals surface area (Å²) in [5, 5.41) is 8.27. The maximum absolute atomic E-state index is 12.4. The van der Waals surface area contributed by atoms with Crippen molar-refractivity contribution >= 4 is 23.6 Å². The molecule has 0 spiro atoms. The normalized spacial score (nSPS) is 11.3. The number of rotatable bonds is 7. The maximum Gasteiger partial charge on any atom is 0.320 e. The van der Waals surface area contributed by atoms with E-state index in [1.807, 2.05) is 66.9 Å². The monoisotopic (exact) mass is 388 g/mol. The van der Waals surface area contributed by atoms with Crippen molar-refractivity contribution in [2.24, 2.45) is 5.73 Å². The molecular formula is C21H28N2O3S. The molecule has 0 radical (unpaired) electrons. The number of benzene rings is 2. The van der Waals surface area contributed by atoms with Gasteiger partial charge in [0, 0.05) is 14.1 Å². The van der Waals surface area contributed by atoms with Crippen molar-refractivity contribution in [1.82, 2.24) is 4.90 Å². The largest absolute Gasteiger partial charge is 0.480 e. The second kappa shape index (κ2) is 12.1. The van der Waals surface area contributed by atoms with E-state index in [0.717, 1.165) is 16.9 Å². The van der Waals surface area contributed by atoms with Gasteiger partial charge in [-0.1, -0.05) is 60.7 Å². The van der Waals surface area contributed by atoms with Gasteiger partial charge in [-0.05, 0) is 29.6 Å². The molecule has 0 aliphatic carbocycles. The molecule has 1 atom stereocenters. The van der Waals surface area contributed by atoms with Crippen LogP contribution in [0.2, 0.25) is 0 Å². The second-order valence-electron chi connectivity index (χ2n) is 6.21. The SMILES string of the molecule is CN(C)C(=O)C(c1ccccc1)c1ccccc1.CSCCC(N)C(=O)O. The van der Waals surface area contributed by atoms with Gasteiger partial charge < -0.3 is 15.7 Å². The molecular weight excluding hydrogens is 360 g/mol. The van der Waals surface area contributed by atoms with E-state index in [0.29, 0.717) is 6.42 Å². The molecule has 0 heterocycles. The molecule has 0 saturated heterocycles. The smallest absolute Gasteiger partial charge is 0.320 e. The molecule has 146 valence electrons. The van der Waals surface area contributed by atoms with Crippen LogP contribution in [0.15, 0.2) is 60.7 Å². The average molecular weight is 389 g/mol. The number of aliphatic carboxylic acids is 1. The van der Waals surface area contributed by atoms with Crippen LogP contribution in [0.3, 0.4) is 0 Å². The predicted octanol–water partition coefficient (Wildman–Crippen LogP) is 3.06. The van der Waals surface area contributed by atoms with Crippen LogP contribution in [-0.2, 0) is 9.59 Å². The highest BCUT2D eigenvalue weighted by Gasteiger charge is 2.23. The lowest BCUT2D eigenvalue weighted by Gasteiger charge is -2.21. The number of nitrogens with two attached hydrogens (primary N) is 1. The highest BCUT2D eigenvalue weighted by Crippen LogP contribution is 2.25. The van der Waals surface area contributed by atoms with Crippen LogP contribution in [0.25, 0.3) is 0 Å². The molecule has 1 unspecified atom stereocenters. The molecule has 5 nitrogen and oxygen atoms in total. The Hall–Kier alpha value is -2.31. The van der Waals surface area contributed by atoms with E-state index >= 15 is 0 Å². The predicted molar refractivity (Wildman–Crippen MR) is 112 cm³/mol. The first-order chi connectivity index (χ1) is 12.9. The number of carboxylic acids is 1. The van der Waals surface area contributed by atoms with Crippen LogP contribution in [-0.4, -0.2) is 54.0 Å². The molecule has 2 aromatic rings. The van der Waals surface area contributed by atoms with Crippen LogP contribution in [0.1, 0.15) is 23.5 Å². The molecule has 2 aromatic carbocycles. The van der Waals surface area contributed by atoms with Gasteiger partial charge in [0.2, 0.25) is 5.91 Å². The van der Waals surface area contributed by atoms with Crippen molar-refractivity contribution < 1.29 is 14.7 Å². The van der Waals surface area contributed by atoms with Gasteiger partial charge in [0.05, 0.1) is 5.92 Å². The van der Waals surface area contributed by atoms with E-state index in [2.05, 4.69) is 0 Å². The summed E-state index contributed by atoms with van der Waals surface area (Å²) in [5.74, 6) is -0.216. The highest BCUT2D eigenvalue weighted by molar-refractivity contribution is 7.98. The molecule has 3 N–H and O–H groups in total. The first kappa shape index (κ1) is 22.7. The van der Waals surface area contributed by atoms with Crippen LogP contribution in [0.5, 0.6) is 0 Å². The first-order valence-corrected chi connectivity index (χ1v) is 10.1. The second-order valence-corrected chi connectivity index (χ2v) is 7.20. The number of thioether (sulfide) groups is 1. The van der Waals surface area contributed by atoms with Crippen LogP contribution in [0, 0.1) is 0 Å². The van der Waals surface area contributed by atoms with E-state index in [9.17, 15) is 9.59 Å². The van der Waals surface area contributed by atoms with Gasteiger partial charge in [-0.15, -0.1) is 0 Å². The van der Waals surface area contributed by atoms with Gasteiger partial charge in [-0.3, -0.25) is 9.59 Å². The Labute approximate surface area is 165 Å². The van der Waals surface area contributed by atoms with Crippen molar-refractivity contribution in [3.8, 4) is 0 Å². The van der Waals surface area contributed by atoms with Gasteiger partial charge >= 0.3 is 5.97 Å². The summed E-state index contributed by atoms with van der Waals surface area (Å²) >= 11 is 1.60. The Morgan fingerprint density at radius 1 is 1.00 bits per heavy atom. The third kappa shape index (κ3) is 7.85. The molecule has 0 aromatic heterocycles. The van der Waals surface area contributed by atoms with E-state index in [-0.39, 0.29) is 11.8 Å². The van der Waals surface area contributed by atoms with Gasteiger partial charge in [0.1, 0.15) is 6.04 Å². The summed E-state index contributed by atoms with van der Waals surface area (Å²) in [6.45, 7) is 0. The number of carboxylic acid groups (broad SMARTS) is 1. The quantitative estimate of drug-likeness (QED) is 0.762. The fourth-order valence-corrected chi connectivity index (χ4v) is 2.88. The molecule has 0 fully saturated rings. The molecule has 2 rings (SSSR count). The lowest BCUT2D eigenvalue weighted by atomic mass is 9.90. The maximum atomic E-state index is 12.4. The number of likely N-dealkylation sites (N-methyl/N-ethyl adjacent to an activating group) is 1. The molecule has 0 aliphatic rings. The molecule has 27 heavy (non-hydrogen) atoms. The minimum atomic E-state index is -0.913. The Morgan fingerprint density at radius 2 is 1.44 bits per heavy atom. The van der Waals surface area contributed by atoms with Crippen molar-refractivity contribution in [1.29, 1.82) is 0 Å². The molecule has 0 aliphatic heterocycles. The molecule has 1 amide bonds. The number of hydrogen-bond donors (Lipinski definition) is 2. The summed E-state index contributed by atoms with van der Waals surface area (Å²) in [5.41, 5.74) is 7.25. The van der Waals surface area contributed by atoms with Crippen LogP contribution < -0.4 is 5.73 Å². The minimum Gasteiger partial charge on any atom is -0.480 e. The molecule has 6 heteroatoms. The zero-order valence-corrected chi connectivity index (χ0v) is 16.9. The van der Waals surface area contributed by atoms with Crippen molar-refractivity contribution in [2.75, 3.05) is 26.1 Å². The zero-order valence-electron chi connectivity index (χ0n) is 16.0.